The molecule has 1 unspecified atom stereocenters. The highest BCUT2D eigenvalue weighted by Crippen LogP contribution is 2.39. The number of benzene rings is 2. The van der Waals surface area contributed by atoms with E-state index in [9.17, 15) is 13.9 Å². The van der Waals surface area contributed by atoms with E-state index in [0.717, 1.165) is 12.1 Å². The summed E-state index contributed by atoms with van der Waals surface area (Å²) in [6.45, 7) is 0. The molecule has 0 fully saturated rings. The Morgan fingerprint density at radius 3 is 2.38 bits per heavy atom. The molecule has 2 aromatic rings. The van der Waals surface area contributed by atoms with Gasteiger partial charge in [-0.25, -0.2) is 8.78 Å². The molecule has 112 valence electrons. The van der Waals surface area contributed by atoms with E-state index < -0.39 is 17.7 Å². The number of hydrogen-bond donors (Lipinski definition) is 1. The lowest BCUT2D eigenvalue weighted by Crippen LogP contribution is -2.06. The van der Waals surface area contributed by atoms with Crippen LogP contribution >= 0.6 is 39.1 Å². The van der Waals surface area contributed by atoms with Crippen molar-refractivity contribution in [3.05, 3.63) is 61.5 Å². The SMILES string of the molecule is COc1c(Br)cc(Cl)cc1C(O)c1cc(F)c(Cl)cc1F. The predicted octanol–water partition coefficient (Wildman–Crippen LogP) is 5.12. The molecule has 0 amide bonds. The minimum absolute atomic E-state index is 0.206. The molecule has 2 nitrogen and oxygen atoms in total. The fraction of sp³-hybridized carbons (Fsp3) is 0.143. The number of hydrogen-bond acceptors (Lipinski definition) is 2. The van der Waals surface area contributed by atoms with Crippen LogP contribution in [-0.4, -0.2) is 12.2 Å². The van der Waals surface area contributed by atoms with Crippen molar-refractivity contribution in [2.24, 2.45) is 0 Å². The summed E-state index contributed by atoms with van der Waals surface area (Å²) < 4.78 is 33.1. The van der Waals surface area contributed by atoms with E-state index in [1.807, 2.05) is 0 Å². The molecule has 0 aliphatic carbocycles. The van der Waals surface area contributed by atoms with Crippen LogP contribution in [0, 0.1) is 11.6 Å². The zero-order chi connectivity index (χ0) is 15.7. The highest BCUT2D eigenvalue weighted by atomic mass is 79.9. The van der Waals surface area contributed by atoms with Crippen LogP contribution in [-0.2, 0) is 0 Å². The van der Waals surface area contributed by atoms with Gasteiger partial charge >= 0.3 is 0 Å². The Labute approximate surface area is 138 Å². The lowest BCUT2D eigenvalue weighted by atomic mass is 10.00. The first-order chi connectivity index (χ1) is 9.85. The topological polar surface area (TPSA) is 29.5 Å². The quantitative estimate of drug-likeness (QED) is 0.728. The molecule has 7 heteroatoms. The van der Waals surface area contributed by atoms with Gasteiger partial charge in [-0.05, 0) is 40.2 Å². The lowest BCUT2D eigenvalue weighted by Gasteiger charge is -2.17. The third-order valence-corrected chi connectivity index (χ3v) is 3.97. The van der Waals surface area contributed by atoms with Gasteiger partial charge in [0.15, 0.2) is 0 Å². The number of methoxy groups -OCH3 is 1. The summed E-state index contributed by atoms with van der Waals surface area (Å²) in [4.78, 5) is 0. The average Bonchev–Trinajstić information content (AvgIpc) is 2.41. The Morgan fingerprint density at radius 1 is 1.10 bits per heavy atom. The van der Waals surface area contributed by atoms with Gasteiger partial charge in [-0.3, -0.25) is 0 Å². The Morgan fingerprint density at radius 2 is 1.76 bits per heavy atom. The van der Waals surface area contributed by atoms with Gasteiger partial charge in [-0.1, -0.05) is 23.2 Å². The summed E-state index contributed by atoms with van der Waals surface area (Å²) in [6, 6.07) is 4.63. The average molecular weight is 398 g/mol. The van der Waals surface area contributed by atoms with Crippen molar-refractivity contribution in [3.8, 4) is 5.75 Å². The van der Waals surface area contributed by atoms with Crippen LogP contribution in [0.1, 0.15) is 17.2 Å². The molecule has 1 atom stereocenters. The minimum Gasteiger partial charge on any atom is -0.495 e. The van der Waals surface area contributed by atoms with Gasteiger partial charge in [0.05, 0.1) is 16.6 Å². The second kappa shape index (κ2) is 6.48. The molecule has 0 bridgehead atoms. The number of aliphatic hydroxyl groups excluding tert-OH is 1. The van der Waals surface area contributed by atoms with Crippen molar-refractivity contribution in [1.29, 1.82) is 0 Å². The van der Waals surface area contributed by atoms with Crippen molar-refractivity contribution in [3.63, 3.8) is 0 Å². The lowest BCUT2D eigenvalue weighted by molar-refractivity contribution is 0.209. The molecule has 2 aromatic carbocycles. The summed E-state index contributed by atoms with van der Waals surface area (Å²) in [5.74, 6) is -1.37. The molecule has 0 aliphatic heterocycles. The van der Waals surface area contributed by atoms with E-state index in [2.05, 4.69) is 15.9 Å². The molecular weight excluding hydrogens is 389 g/mol. The van der Waals surface area contributed by atoms with Crippen LogP contribution < -0.4 is 4.74 Å². The number of rotatable bonds is 3. The van der Waals surface area contributed by atoms with Crippen molar-refractivity contribution in [2.75, 3.05) is 7.11 Å². The maximum absolute atomic E-state index is 13.9. The second-order valence-electron chi connectivity index (χ2n) is 4.20. The van der Waals surface area contributed by atoms with Crippen molar-refractivity contribution in [1.82, 2.24) is 0 Å². The normalized spacial score (nSPS) is 12.3. The maximum Gasteiger partial charge on any atom is 0.142 e. The monoisotopic (exact) mass is 396 g/mol. The Bertz CT molecular complexity index is 695. The van der Waals surface area contributed by atoms with Crippen molar-refractivity contribution in [2.45, 2.75) is 6.10 Å². The van der Waals surface area contributed by atoms with E-state index in [-0.39, 0.29) is 21.9 Å². The summed E-state index contributed by atoms with van der Waals surface area (Å²) in [5.41, 5.74) is -0.0538. The first kappa shape index (κ1) is 16.5. The van der Waals surface area contributed by atoms with E-state index >= 15 is 0 Å². The molecule has 1 N–H and O–H groups in total. The fourth-order valence-electron chi connectivity index (χ4n) is 1.91. The predicted molar refractivity (Wildman–Crippen MR) is 81.1 cm³/mol. The van der Waals surface area contributed by atoms with Crippen LogP contribution in [0.2, 0.25) is 10.0 Å². The smallest absolute Gasteiger partial charge is 0.142 e. The van der Waals surface area contributed by atoms with Gasteiger partial charge in [0.1, 0.15) is 23.5 Å². The molecule has 21 heavy (non-hydrogen) atoms. The van der Waals surface area contributed by atoms with Crippen molar-refractivity contribution >= 4 is 39.1 Å². The first-order valence-corrected chi connectivity index (χ1v) is 7.25. The zero-order valence-corrected chi connectivity index (χ0v) is 13.7. The Hall–Kier alpha value is -0.880. The minimum atomic E-state index is -1.46. The number of halogens is 5. The fourth-order valence-corrected chi connectivity index (χ4v) is 3.06. The summed E-state index contributed by atoms with van der Waals surface area (Å²) >= 11 is 14.7. The van der Waals surface area contributed by atoms with Crippen LogP contribution in [0.3, 0.4) is 0 Å². The standard InChI is InChI=1S/C14H9BrCl2F2O2/c1-21-14-8(2-6(16)3-9(14)15)13(20)7-4-12(19)10(17)5-11(7)18/h2-5,13,20H,1H3. The Balaban J connectivity index is 2.60. The first-order valence-electron chi connectivity index (χ1n) is 5.70. The Kier molecular flexibility index (Phi) is 5.09. The molecule has 0 saturated carbocycles. The van der Waals surface area contributed by atoms with Gasteiger partial charge in [-0.15, -0.1) is 0 Å². The summed E-state index contributed by atoms with van der Waals surface area (Å²) in [6.07, 6.45) is -1.46. The number of ether oxygens (including phenoxy) is 1. The van der Waals surface area contributed by atoms with Gasteiger partial charge < -0.3 is 9.84 Å². The highest BCUT2D eigenvalue weighted by Gasteiger charge is 2.23. The largest absolute Gasteiger partial charge is 0.495 e. The highest BCUT2D eigenvalue weighted by molar-refractivity contribution is 9.10. The molecule has 0 aliphatic rings. The van der Waals surface area contributed by atoms with Crippen LogP contribution in [0.5, 0.6) is 5.75 Å². The molecule has 0 heterocycles. The van der Waals surface area contributed by atoms with E-state index in [1.54, 1.807) is 6.07 Å². The van der Waals surface area contributed by atoms with Gasteiger partial charge in [0.25, 0.3) is 0 Å². The molecule has 0 saturated heterocycles. The van der Waals surface area contributed by atoms with Gasteiger partial charge in [0.2, 0.25) is 0 Å². The van der Waals surface area contributed by atoms with E-state index in [1.165, 1.54) is 13.2 Å². The van der Waals surface area contributed by atoms with E-state index in [4.69, 9.17) is 27.9 Å². The van der Waals surface area contributed by atoms with Crippen LogP contribution in [0.25, 0.3) is 0 Å². The molecule has 2 rings (SSSR count). The third kappa shape index (κ3) is 3.31. The van der Waals surface area contributed by atoms with Crippen molar-refractivity contribution < 1.29 is 18.6 Å². The van der Waals surface area contributed by atoms with Crippen LogP contribution in [0.15, 0.2) is 28.7 Å². The summed E-state index contributed by atoms with van der Waals surface area (Å²) in [7, 11) is 1.39. The van der Waals surface area contributed by atoms with Crippen LogP contribution in [0.4, 0.5) is 8.78 Å². The molecule has 0 spiro atoms. The zero-order valence-electron chi connectivity index (χ0n) is 10.6. The number of aliphatic hydroxyl groups is 1. The maximum atomic E-state index is 13.9. The molecular formula is C14H9BrCl2F2O2. The van der Waals surface area contributed by atoms with Gasteiger partial charge in [-0.2, -0.15) is 0 Å². The molecule has 0 radical (unpaired) electrons. The molecule has 0 aromatic heterocycles. The van der Waals surface area contributed by atoms with E-state index in [0.29, 0.717) is 9.50 Å². The summed E-state index contributed by atoms with van der Waals surface area (Å²) in [5, 5.41) is 10.3. The third-order valence-electron chi connectivity index (χ3n) is 2.87. The second-order valence-corrected chi connectivity index (χ2v) is 5.90. The van der Waals surface area contributed by atoms with Gasteiger partial charge in [0, 0.05) is 16.1 Å².